The Balaban J connectivity index is 0.000000339. The first-order chi connectivity index (χ1) is 14.6. The van der Waals surface area contributed by atoms with Crippen LogP contribution in [-0.4, -0.2) is 47.7 Å². The molecule has 5 nitrogen and oxygen atoms in total. The van der Waals surface area contributed by atoms with Crippen LogP contribution >= 0.6 is 11.3 Å². The van der Waals surface area contributed by atoms with Crippen molar-refractivity contribution in [1.29, 1.82) is 0 Å². The standard InChI is InChI=1S/C19H21FN2OS.C2HF3O2/c20-16-4-2-15(3-5-16)12-21-9-1-7-19(14-21)8-10-22(18(19)23)17-6-11-24-13-17;3-2(4,5)1(6)7/h2-6,11,13H,1,7-10,12,14H2;(H,6,7). The molecule has 10 heteroatoms. The highest BCUT2D eigenvalue weighted by molar-refractivity contribution is 7.08. The molecule has 2 fully saturated rings. The topological polar surface area (TPSA) is 60.9 Å². The van der Waals surface area contributed by atoms with Crippen LogP contribution in [0.4, 0.5) is 23.2 Å². The molecule has 0 aliphatic carbocycles. The number of amides is 1. The number of carbonyl (C=O) groups is 2. The summed E-state index contributed by atoms with van der Waals surface area (Å²) in [5.41, 5.74) is 1.91. The number of hydrogen-bond acceptors (Lipinski definition) is 4. The summed E-state index contributed by atoms with van der Waals surface area (Å²) in [4.78, 5) is 26.3. The Hall–Kier alpha value is -2.46. The van der Waals surface area contributed by atoms with Gasteiger partial charge in [0.1, 0.15) is 5.82 Å². The van der Waals surface area contributed by atoms with Crippen LogP contribution in [0.15, 0.2) is 41.1 Å². The van der Waals surface area contributed by atoms with Gasteiger partial charge in [-0.1, -0.05) is 12.1 Å². The molecule has 2 aliphatic rings. The zero-order valence-electron chi connectivity index (χ0n) is 16.6. The van der Waals surface area contributed by atoms with E-state index < -0.39 is 12.1 Å². The molecule has 1 aromatic heterocycles. The molecule has 0 bridgehead atoms. The van der Waals surface area contributed by atoms with Crippen molar-refractivity contribution < 1.29 is 32.3 Å². The lowest BCUT2D eigenvalue weighted by Gasteiger charge is -2.39. The molecule has 1 unspecified atom stereocenters. The number of halogens is 4. The first-order valence-corrected chi connectivity index (χ1v) is 10.7. The van der Waals surface area contributed by atoms with Gasteiger partial charge in [0.15, 0.2) is 0 Å². The van der Waals surface area contributed by atoms with Gasteiger partial charge in [-0.2, -0.15) is 24.5 Å². The predicted octanol–water partition coefficient (Wildman–Crippen LogP) is 4.54. The summed E-state index contributed by atoms with van der Waals surface area (Å²) >= 11 is 1.63. The zero-order chi connectivity index (χ0) is 22.6. The van der Waals surface area contributed by atoms with Crippen LogP contribution in [0.3, 0.4) is 0 Å². The lowest BCUT2D eigenvalue weighted by molar-refractivity contribution is -0.192. The largest absolute Gasteiger partial charge is 0.490 e. The number of alkyl halides is 3. The van der Waals surface area contributed by atoms with Gasteiger partial charge in [0.25, 0.3) is 0 Å². The highest BCUT2D eigenvalue weighted by atomic mass is 32.1. The fraction of sp³-hybridized carbons (Fsp3) is 0.429. The minimum absolute atomic E-state index is 0.203. The van der Waals surface area contributed by atoms with Crippen molar-refractivity contribution in [3.05, 3.63) is 52.5 Å². The number of hydrogen-bond donors (Lipinski definition) is 1. The van der Waals surface area contributed by atoms with Crippen molar-refractivity contribution in [2.24, 2.45) is 5.41 Å². The van der Waals surface area contributed by atoms with Gasteiger partial charge in [-0.15, -0.1) is 0 Å². The molecule has 3 heterocycles. The fourth-order valence-corrected chi connectivity index (χ4v) is 4.71. The number of carbonyl (C=O) groups excluding carboxylic acids is 1. The molecule has 1 aromatic carbocycles. The average Bonchev–Trinajstić information content (AvgIpc) is 3.33. The number of carboxylic acids is 1. The van der Waals surface area contributed by atoms with Crippen LogP contribution in [0, 0.1) is 11.2 Å². The molecule has 1 atom stereocenters. The summed E-state index contributed by atoms with van der Waals surface area (Å²) < 4.78 is 44.8. The third kappa shape index (κ3) is 5.62. The van der Waals surface area contributed by atoms with Crippen molar-refractivity contribution in [3.8, 4) is 0 Å². The number of nitrogens with zero attached hydrogens (tertiary/aromatic N) is 2. The Morgan fingerprint density at radius 3 is 2.39 bits per heavy atom. The SMILES string of the molecule is O=C(O)C(F)(F)F.O=C1N(c2ccsc2)CCC12CCCN(Cc1ccc(F)cc1)C2. The number of rotatable bonds is 3. The molecule has 1 N–H and O–H groups in total. The number of likely N-dealkylation sites (tertiary alicyclic amines) is 1. The van der Waals surface area contributed by atoms with Gasteiger partial charge in [-0.3, -0.25) is 9.69 Å². The van der Waals surface area contributed by atoms with E-state index in [4.69, 9.17) is 9.90 Å². The van der Waals surface area contributed by atoms with Crippen LogP contribution in [0.5, 0.6) is 0 Å². The van der Waals surface area contributed by atoms with E-state index in [1.54, 1.807) is 11.3 Å². The van der Waals surface area contributed by atoms with Gasteiger partial charge >= 0.3 is 12.1 Å². The molecule has 2 saturated heterocycles. The van der Waals surface area contributed by atoms with Crippen molar-refractivity contribution >= 4 is 28.9 Å². The van der Waals surface area contributed by atoms with Crippen LogP contribution in [0.1, 0.15) is 24.8 Å². The van der Waals surface area contributed by atoms with E-state index in [1.807, 2.05) is 28.5 Å². The average molecular weight is 458 g/mol. The Morgan fingerprint density at radius 2 is 1.81 bits per heavy atom. The van der Waals surface area contributed by atoms with E-state index >= 15 is 0 Å². The third-order valence-electron chi connectivity index (χ3n) is 5.55. The van der Waals surface area contributed by atoms with Crippen LogP contribution in [-0.2, 0) is 16.1 Å². The van der Waals surface area contributed by atoms with Gasteiger partial charge in [0.05, 0.1) is 11.1 Å². The molecule has 0 radical (unpaired) electrons. The Kier molecular flexibility index (Phi) is 7.00. The fourth-order valence-electron chi connectivity index (χ4n) is 4.07. The lowest BCUT2D eigenvalue weighted by atomic mass is 9.78. The van der Waals surface area contributed by atoms with Gasteiger partial charge in [-0.25, -0.2) is 9.18 Å². The summed E-state index contributed by atoms with van der Waals surface area (Å²) in [5, 5.41) is 11.2. The summed E-state index contributed by atoms with van der Waals surface area (Å²) in [6.45, 7) is 3.42. The van der Waals surface area contributed by atoms with Crippen LogP contribution in [0.25, 0.3) is 0 Å². The number of thiophene rings is 1. The van der Waals surface area contributed by atoms with Crippen LogP contribution < -0.4 is 4.90 Å². The van der Waals surface area contributed by atoms with Crippen molar-refractivity contribution in [2.75, 3.05) is 24.5 Å². The summed E-state index contributed by atoms with van der Waals surface area (Å²) in [6, 6.07) is 8.72. The highest BCUT2D eigenvalue weighted by Gasteiger charge is 2.49. The second kappa shape index (κ2) is 9.35. The van der Waals surface area contributed by atoms with Crippen molar-refractivity contribution in [2.45, 2.75) is 32.0 Å². The molecule has 31 heavy (non-hydrogen) atoms. The second-order valence-corrected chi connectivity index (χ2v) is 8.49. The van der Waals surface area contributed by atoms with Gasteiger partial charge < -0.3 is 10.0 Å². The lowest BCUT2D eigenvalue weighted by Crippen LogP contribution is -2.47. The van der Waals surface area contributed by atoms with E-state index in [9.17, 15) is 22.4 Å². The molecular formula is C21H22F4N2O3S. The number of aliphatic carboxylic acids is 1. The first-order valence-electron chi connectivity index (χ1n) is 9.72. The monoisotopic (exact) mass is 458 g/mol. The molecule has 2 aliphatic heterocycles. The number of carboxylic acid groups (broad SMARTS) is 1. The Labute approximate surface area is 180 Å². The van der Waals surface area contributed by atoms with Crippen LogP contribution in [0.2, 0.25) is 0 Å². The smallest absolute Gasteiger partial charge is 0.475 e. The molecule has 168 valence electrons. The second-order valence-electron chi connectivity index (χ2n) is 7.71. The number of anilines is 1. The van der Waals surface area contributed by atoms with E-state index in [1.165, 1.54) is 12.1 Å². The van der Waals surface area contributed by atoms with Gasteiger partial charge in [-0.05, 0) is 54.9 Å². The highest BCUT2D eigenvalue weighted by Crippen LogP contribution is 2.42. The molecular weight excluding hydrogens is 436 g/mol. The van der Waals surface area contributed by atoms with E-state index in [-0.39, 0.29) is 17.1 Å². The normalized spacial score (nSPS) is 21.8. The van der Waals surface area contributed by atoms with Crippen molar-refractivity contribution in [3.63, 3.8) is 0 Å². The molecule has 4 rings (SSSR count). The molecule has 0 saturated carbocycles. The summed E-state index contributed by atoms with van der Waals surface area (Å²) in [6.07, 6.45) is -2.13. The Morgan fingerprint density at radius 1 is 1.13 bits per heavy atom. The maximum atomic E-state index is 13.1. The van der Waals surface area contributed by atoms with Gasteiger partial charge in [0.2, 0.25) is 5.91 Å². The first kappa shape index (κ1) is 23.2. The van der Waals surface area contributed by atoms with Gasteiger partial charge in [0, 0.05) is 25.0 Å². The molecule has 2 aromatic rings. The van der Waals surface area contributed by atoms with Crippen molar-refractivity contribution in [1.82, 2.24) is 4.90 Å². The summed E-state index contributed by atoms with van der Waals surface area (Å²) in [5.74, 6) is -2.68. The minimum atomic E-state index is -5.08. The molecule has 1 spiro atoms. The maximum Gasteiger partial charge on any atom is 0.490 e. The summed E-state index contributed by atoms with van der Waals surface area (Å²) in [7, 11) is 0. The maximum absolute atomic E-state index is 13.1. The van der Waals surface area contributed by atoms with E-state index in [0.29, 0.717) is 0 Å². The van der Waals surface area contributed by atoms with E-state index in [2.05, 4.69) is 10.3 Å². The zero-order valence-corrected chi connectivity index (χ0v) is 17.4. The predicted molar refractivity (Wildman–Crippen MR) is 108 cm³/mol. The minimum Gasteiger partial charge on any atom is -0.475 e. The molecule has 1 amide bonds. The van der Waals surface area contributed by atoms with E-state index in [0.717, 1.165) is 56.7 Å². The third-order valence-corrected chi connectivity index (χ3v) is 6.22. The number of piperidine rings is 1. The number of benzene rings is 1. The quantitative estimate of drug-likeness (QED) is 0.687. The Bertz CT molecular complexity index is 902.